The number of likely N-dealkylation sites (tertiary alicyclic amines) is 1. The molecule has 30 heavy (non-hydrogen) atoms. The van der Waals surface area contributed by atoms with Crippen LogP contribution in [-0.4, -0.2) is 51.3 Å². The van der Waals surface area contributed by atoms with Crippen molar-refractivity contribution in [3.05, 3.63) is 46.0 Å². The van der Waals surface area contributed by atoms with Crippen LogP contribution in [0, 0.1) is 6.92 Å². The Morgan fingerprint density at radius 3 is 2.37 bits per heavy atom. The molecule has 0 radical (unpaired) electrons. The van der Waals surface area contributed by atoms with Crippen molar-refractivity contribution in [3.63, 3.8) is 0 Å². The van der Waals surface area contributed by atoms with Gasteiger partial charge in [-0.15, -0.1) is 0 Å². The second kappa shape index (κ2) is 9.56. The summed E-state index contributed by atoms with van der Waals surface area (Å²) in [5.41, 5.74) is 0.381. The molecule has 2 aromatic rings. The van der Waals surface area contributed by atoms with Crippen LogP contribution in [0.2, 0.25) is 0 Å². The van der Waals surface area contributed by atoms with Crippen molar-refractivity contribution in [2.45, 2.75) is 32.3 Å². The van der Waals surface area contributed by atoms with Crippen molar-refractivity contribution in [1.82, 2.24) is 4.90 Å². The predicted molar refractivity (Wildman–Crippen MR) is 110 cm³/mol. The minimum atomic E-state index is -0.446. The average Bonchev–Trinajstić information content (AvgIpc) is 3.19. The van der Waals surface area contributed by atoms with Crippen LogP contribution in [0.15, 0.2) is 33.5 Å². The van der Waals surface area contributed by atoms with Crippen LogP contribution in [0.4, 0.5) is 0 Å². The van der Waals surface area contributed by atoms with Gasteiger partial charge in [0.25, 0.3) is 0 Å². The first-order valence-electron chi connectivity index (χ1n) is 9.78. The van der Waals surface area contributed by atoms with Gasteiger partial charge in [0, 0.05) is 43.1 Å². The highest BCUT2D eigenvalue weighted by Crippen LogP contribution is 2.35. The third kappa shape index (κ3) is 5.06. The van der Waals surface area contributed by atoms with E-state index in [0.717, 1.165) is 5.56 Å². The molecule has 8 heteroatoms. The Morgan fingerprint density at radius 1 is 1.07 bits per heavy atom. The van der Waals surface area contributed by atoms with Crippen molar-refractivity contribution in [2.75, 3.05) is 34.4 Å². The lowest BCUT2D eigenvalue weighted by Gasteiger charge is -2.19. The molecule has 0 bridgehead atoms. The molecule has 1 amide bonds. The summed E-state index contributed by atoms with van der Waals surface area (Å²) >= 11 is 0. The van der Waals surface area contributed by atoms with Crippen molar-refractivity contribution in [1.29, 1.82) is 0 Å². The molecule has 2 heterocycles. The molecule has 3 rings (SSSR count). The summed E-state index contributed by atoms with van der Waals surface area (Å²) in [5, 5.41) is 0. The molecular formula is C22H27NO7. The Kier molecular flexibility index (Phi) is 6.87. The monoisotopic (exact) mass is 417 g/mol. The van der Waals surface area contributed by atoms with Gasteiger partial charge < -0.3 is 28.3 Å². The molecule has 1 unspecified atom stereocenters. The maximum absolute atomic E-state index is 12.7. The summed E-state index contributed by atoms with van der Waals surface area (Å²) in [6.07, 6.45) is 1.36. The molecule has 162 valence electrons. The van der Waals surface area contributed by atoms with E-state index in [1.807, 2.05) is 0 Å². The topological polar surface area (TPSA) is 87.4 Å². The Hall–Kier alpha value is -3.16. The highest BCUT2D eigenvalue weighted by Gasteiger charge is 2.28. The minimum Gasteiger partial charge on any atom is -0.496 e. The number of rotatable bonds is 8. The maximum atomic E-state index is 12.7. The molecule has 1 fully saturated rings. The summed E-state index contributed by atoms with van der Waals surface area (Å²) in [7, 11) is 4.73. The zero-order chi connectivity index (χ0) is 21.7. The van der Waals surface area contributed by atoms with Gasteiger partial charge in [0.05, 0.1) is 33.9 Å². The van der Waals surface area contributed by atoms with Crippen LogP contribution in [0.3, 0.4) is 0 Å². The van der Waals surface area contributed by atoms with Crippen LogP contribution in [0.1, 0.15) is 24.2 Å². The van der Waals surface area contributed by atoms with Crippen molar-refractivity contribution in [3.8, 4) is 23.0 Å². The van der Waals surface area contributed by atoms with Gasteiger partial charge in [-0.3, -0.25) is 4.79 Å². The summed E-state index contributed by atoms with van der Waals surface area (Å²) in [5.74, 6) is 2.87. The normalized spacial score (nSPS) is 15.7. The van der Waals surface area contributed by atoms with Gasteiger partial charge >= 0.3 is 5.63 Å². The van der Waals surface area contributed by atoms with E-state index in [9.17, 15) is 9.59 Å². The first-order chi connectivity index (χ1) is 14.4. The number of benzene rings is 1. The van der Waals surface area contributed by atoms with Gasteiger partial charge in [-0.25, -0.2) is 4.79 Å². The predicted octanol–water partition coefficient (Wildman–Crippen LogP) is 2.59. The van der Waals surface area contributed by atoms with Crippen molar-refractivity contribution < 1.29 is 28.2 Å². The van der Waals surface area contributed by atoms with E-state index in [4.69, 9.17) is 23.4 Å². The fraction of sp³-hybridized carbons (Fsp3) is 0.455. The number of hydrogen-bond donors (Lipinski definition) is 0. The van der Waals surface area contributed by atoms with Crippen LogP contribution >= 0.6 is 0 Å². The smallest absolute Gasteiger partial charge is 0.339 e. The quantitative estimate of drug-likeness (QED) is 0.652. The summed E-state index contributed by atoms with van der Waals surface area (Å²) in [6, 6.07) is 6.55. The molecule has 1 aliphatic rings. The Morgan fingerprint density at radius 2 is 1.77 bits per heavy atom. The highest BCUT2D eigenvalue weighted by molar-refractivity contribution is 5.77. The first kappa shape index (κ1) is 21.5. The molecule has 1 aromatic carbocycles. The van der Waals surface area contributed by atoms with E-state index in [-0.39, 0.29) is 12.0 Å². The van der Waals surface area contributed by atoms with E-state index in [2.05, 4.69) is 0 Å². The Balaban J connectivity index is 1.60. The van der Waals surface area contributed by atoms with Crippen molar-refractivity contribution in [2.24, 2.45) is 0 Å². The minimum absolute atomic E-state index is 0.0322. The van der Waals surface area contributed by atoms with Crippen LogP contribution in [-0.2, 0) is 11.2 Å². The van der Waals surface area contributed by atoms with E-state index in [0.29, 0.717) is 61.1 Å². The van der Waals surface area contributed by atoms with E-state index >= 15 is 0 Å². The number of carbonyl (C=O) groups is 1. The lowest BCUT2D eigenvalue weighted by molar-refractivity contribution is -0.130. The number of amides is 1. The second-order valence-corrected chi connectivity index (χ2v) is 7.10. The lowest BCUT2D eigenvalue weighted by atomic mass is 10.1. The van der Waals surface area contributed by atoms with Gasteiger partial charge in [0.2, 0.25) is 5.91 Å². The number of methoxy groups -OCH3 is 3. The zero-order valence-electron chi connectivity index (χ0n) is 17.7. The number of carbonyl (C=O) groups excluding carboxylic acids is 1. The van der Waals surface area contributed by atoms with E-state index < -0.39 is 5.63 Å². The highest BCUT2D eigenvalue weighted by atomic mass is 16.5. The molecule has 0 N–H and O–H groups in total. The van der Waals surface area contributed by atoms with Gasteiger partial charge in [0.15, 0.2) is 0 Å². The van der Waals surface area contributed by atoms with Gasteiger partial charge in [-0.2, -0.15) is 0 Å². The largest absolute Gasteiger partial charge is 0.496 e. The second-order valence-electron chi connectivity index (χ2n) is 7.10. The molecule has 0 saturated carbocycles. The van der Waals surface area contributed by atoms with E-state index in [1.54, 1.807) is 51.4 Å². The number of nitrogens with zero attached hydrogens (tertiary/aromatic N) is 1. The molecule has 1 saturated heterocycles. The average molecular weight is 417 g/mol. The fourth-order valence-electron chi connectivity index (χ4n) is 3.60. The molecule has 0 spiro atoms. The van der Waals surface area contributed by atoms with Gasteiger partial charge in [-0.05, 0) is 13.3 Å². The summed E-state index contributed by atoms with van der Waals surface area (Å²) < 4.78 is 27.0. The molecule has 0 aliphatic carbocycles. The Bertz CT molecular complexity index is 928. The van der Waals surface area contributed by atoms with Gasteiger partial charge in [-0.1, -0.05) is 0 Å². The lowest BCUT2D eigenvalue weighted by Crippen LogP contribution is -2.31. The molecule has 1 aliphatic heterocycles. The maximum Gasteiger partial charge on any atom is 0.339 e. The number of aryl methyl sites for hydroxylation is 1. The third-order valence-corrected chi connectivity index (χ3v) is 5.07. The molecule has 8 nitrogen and oxygen atoms in total. The van der Waals surface area contributed by atoms with E-state index in [1.165, 1.54) is 6.07 Å². The third-order valence-electron chi connectivity index (χ3n) is 5.07. The first-order valence-corrected chi connectivity index (χ1v) is 9.78. The molecule has 1 atom stereocenters. The summed E-state index contributed by atoms with van der Waals surface area (Å²) in [6.45, 7) is 2.79. The van der Waals surface area contributed by atoms with Crippen LogP contribution in [0.25, 0.3) is 0 Å². The molecule has 1 aromatic heterocycles. The van der Waals surface area contributed by atoms with Gasteiger partial charge in [0.1, 0.15) is 34.9 Å². The number of hydrogen-bond acceptors (Lipinski definition) is 7. The summed E-state index contributed by atoms with van der Waals surface area (Å²) in [4.78, 5) is 26.0. The van der Waals surface area contributed by atoms with Crippen LogP contribution < -0.4 is 24.6 Å². The zero-order valence-corrected chi connectivity index (χ0v) is 17.7. The van der Waals surface area contributed by atoms with Crippen LogP contribution in [0.5, 0.6) is 23.0 Å². The number of ether oxygens (including phenoxy) is 4. The fourth-order valence-corrected chi connectivity index (χ4v) is 3.60. The Labute approximate surface area is 175 Å². The van der Waals surface area contributed by atoms with Crippen molar-refractivity contribution >= 4 is 5.91 Å². The molecular weight excluding hydrogens is 390 g/mol. The SMILES string of the molecule is COc1cc(OC)c(CCC(=O)N2CCC(Oc3cc(C)oc(=O)c3)C2)c(OC)c1. The standard InChI is InChI=1S/C22H27NO7/c1-14-9-17(12-22(25)29-14)30-15-7-8-23(13-15)21(24)6-5-18-19(27-3)10-16(26-2)11-20(18)28-4/h9-12,15H,5-8,13H2,1-4H3.